The van der Waals surface area contributed by atoms with Crippen LogP contribution in [-0.2, 0) is 4.79 Å². The molecule has 1 unspecified atom stereocenters. The predicted molar refractivity (Wildman–Crippen MR) is 77.1 cm³/mol. The van der Waals surface area contributed by atoms with Gasteiger partial charge in [-0.3, -0.25) is 4.79 Å². The maximum atomic E-state index is 12.0. The highest BCUT2D eigenvalue weighted by atomic mass is 16.1. The molecule has 1 aromatic rings. The van der Waals surface area contributed by atoms with E-state index >= 15 is 0 Å². The van der Waals surface area contributed by atoms with E-state index < -0.39 is 0 Å². The third-order valence-electron chi connectivity index (χ3n) is 4.20. The number of nitrogens with zero attached hydrogens (tertiary/aromatic N) is 2. The van der Waals surface area contributed by atoms with E-state index in [1.165, 1.54) is 25.7 Å². The minimum absolute atomic E-state index is 0.122. The summed E-state index contributed by atoms with van der Waals surface area (Å²) >= 11 is 0. The van der Waals surface area contributed by atoms with Crippen molar-refractivity contribution in [2.45, 2.75) is 64.8 Å². The summed E-state index contributed by atoms with van der Waals surface area (Å²) in [5.41, 5.74) is 0. The molecule has 1 saturated carbocycles. The molecule has 4 nitrogen and oxygen atoms in total. The molecule has 1 heterocycles. The van der Waals surface area contributed by atoms with Gasteiger partial charge in [-0.25, -0.2) is 4.68 Å². The van der Waals surface area contributed by atoms with Gasteiger partial charge in [0.05, 0.1) is 12.2 Å². The standard InChI is InChI=1S/C15H25N3O/c1-3-12(2)18-14(10-11-16-18)17-15(19)9-8-13-6-4-5-7-13/h10-13H,3-9H2,1-2H3,(H,17,19). The molecule has 1 aliphatic rings. The maximum Gasteiger partial charge on any atom is 0.225 e. The molecule has 0 bridgehead atoms. The molecule has 1 atom stereocenters. The fraction of sp³-hybridized carbons (Fsp3) is 0.733. The Kier molecular flexibility index (Phi) is 5.00. The van der Waals surface area contributed by atoms with Gasteiger partial charge in [0.2, 0.25) is 5.91 Å². The maximum absolute atomic E-state index is 12.0. The monoisotopic (exact) mass is 263 g/mol. The number of aromatic nitrogens is 2. The number of anilines is 1. The van der Waals surface area contributed by atoms with Crippen LogP contribution in [-0.4, -0.2) is 15.7 Å². The van der Waals surface area contributed by atoms with Gasteiger partial charge in [0.15, 0.2) is 0 Å². The molecule has 0 spiro atoms. The molecular weight excluding hydrogens is 238 g/mol. The Hall–Kier alpha value is -1.32. The van der Waals surface area contributed by atoms with Gasteiger partial charge in [-0.05, 0) is 25.7 Å². The van der Waals surface area contributed by atoms with E-state index in [9.17, 15) is 4.79 Å². The summed E-state index contributed by atoms with van der Waals surface area (Å²) in [7, 11) is 0. The Labute approximate surface area is 115 Å². The number of rotatable bonds is 6. The number of carbonyl (C=O) groups is 1. The molecule has 0 aromatic carbocycles. The van der Waals surface area contributed by atoms with Crippen molar-refractivity contribution in [3.63, 3.8) is 0 Å². The number of nitrogens with one attached hydrogen (secondary N) is 1. The van der Waals surface area contributed by atoms with Crippen molar-refractivity contribution in [2.24, 2.45) is 5.92 Å². The van der Waals surface area contributed by atoms with Gasteiger partial charge < -0.3 is 5.32 Å². The topological polar surface area (TPSA) is 46.9 Å². The van der Waals surface area contributed by atoms with E-state index in [0.717, 1.165) is 24.6 Å². The van der Waals surface area contributed by atoms with Gasteiger partial charge in [-0.15, -0.1) is 0 Å². The molecule has 1 amide bonds. The predicted octanol–water partition coefficient (Wildman–Crippen LogP) is 3.76. The second-order valence-electron chi connectivity index (χ2n) is 5.66. The van der Waals surface area contributed by atoms with E-state index in [-0.39, 0.29) is 5.91 Å². The average molecular weight is 263 g/mol. The average Bonchev–Trinajstić information content (AvgIpc) is 3.06. The Balaban J connectivity index is 1.82. The first-order chi connectivity index (χ1) is 9.20. The quantitative estimate of drug-likeness (QED) is 0.849. The largest absolute Gasteiger partial charge is 0.311 e. The highest BCUT2D eigenvalue weighted by Crippen LogP contribution is 2.28. The molecule has 1 N–H and O–H groups in total. The summed E-state index contributed by atoms with van der Waals surface area (Å²) in [6.45, 7) is 4.24. The molecule has 1 aromatic heterocycles. The number of amides is 1. The fourth-order valence-corrected chi connectivity index (χ4v) is 2.78. The molecule has 0 saturated heterocycles. The van der Waals surface area contributed by atoms with Crippen LogP contribution >= 0.6 is 0 Å². The summed E-state index contributed by atoms with van der Waals surface area (Å²) < 4.78 is 1.90. The van der Waals surface area contributed by atoms with Crippen molar-refractivity contribution >= 4 is 11.7 Å². The Morgan fingerprint density at radius 1 is 1.53 bits per heavy atom. The van der Waals surface area contributed by atoms with Crippen LogP contribution in [0.5, 0.6) is 0 Å². The molecule has 2 rings (SSSR count). The first-order valence-electron chi connectivity index (χ1n) is 7.54. The van der Waals surface area contributed by atoms with Crippen molar-refractivity contribution in [1.82, 2.24) is 9.78 Å². The summed E-state index contributed by atoms with van der Waals surface area (Å²) in [5, 5.41) is 7.27. The van der Waals surface area contributed by atoms with Crippen molar-refractivity contribution < 1.29 is 4.79 Å². The van der Waals surface area contributed by atoms with Crippen LogP contribution in [0.4, 0.5) is 5.82 Å². The van der Waals surface area contributed by atoms with Crippen LogP contribution in [0.25, 0.3) is 0 Å². The van der Waals surface area contributed by atoms with Crippen molar-refractivity contribution in [3.8, 4) is 0 Å². The molecule has 106 valence electrons. The van der Waals surface area contributed by atoms with Crippen LogP contribution in [0.2, 0.25) is 0 Å². The first kappa shape index (κ1) is 14.1. The lowest BCUT2D eigenvalue weighted by Gasteiger charge is -2.14. The van der Waals surface area contributed by atoms with E-state index in [1.807, 2.05) is 10.7 Å². The minimum Gasteiger partial charge on any atom is -0.311 e. The molecule has 1 aliphatic carbocycles. The number of carbonyl (C=O) groups excluding carboxylic acids is 1. The second kappa shape index (κ2) is 6.73. The summed E-state index contributed by atoms with van der Waals surface area (Å²) in [4.78, 5) is 12.0. The highest BCUT2D eigenvalue weighted by Gasteiger charge is 2.17. The van der Waals surface area contributed by atoms with Gasteiger partial charge in [-0.2, -0.15) is 5.10 Å². The molecular formula is C15H25N3O. The van der Waals surface area contributed by atoms with Crippen molar-refractivity contribution in [2.75, 3.05) is 5.32 Å². The third kappa shape index (κ3) is 3.82. The van der Waals surface area contributed by atoms with Crippen LogP contribution in [0, 0.1) is 5.92 Å². The van der Waals surface area contributed by atoms with E-state index in [1.54, 1.807) is 6.20 Å². The Morgan fingerprint density at radius 3 is 2.95 bits per heavy atom. The smallest absolute Gasteiger partial charge is 0.225 e. The van der Waals surface area contributed by atoms with Crippen molar-refractivity contribution in [3.05, 3.63) is 12.3 Å². The second-order valence-corrected chi connectivity index (χ2v) is 5.66. The zero-order chi connectivity index (χ0) is 13.7. The third-order valence-corrected chi connectivity index (χ3v) is 4.20. The van der Waals surface area contributed by atoms with Gasteiger partial charge in [0.1, 0.15) is 5.82 Å². The lowest BCUT2D eigenvalue weighted by Crippen LogP contribution is -2.17. The zero-order valence-electron chi connectivity index (χ0n) is 12.1. The van der Waals surface area contributed by atoms with E-state index in [0.29, 0.717) is 12.5 Å². The fourth-order valence-electron chi connectivity index (χ4n) is 2.78. The van der Waals surface area contributed by atoms with Gasteiger partial charge in [0.25, 0.3) is 0 Å². The lowest BCUT2D eigenvalue weighted by molar-refractivity contribution is -0.116. The molecule has 0 aliphatic heterocycles. The summed E-state index contributed by atoms with van der Waals surface area (Å²) in [5.74, 6) is 1.72. The molecule has 19 heavy (non-hydrogen) atoms. The summed E-state index contributed by atoms with van der Waals surface area (Å²) in [6, 6.07) is 2.19. The van der Waals surface area contributed by atoms with Gasteiger partial charge in [-0.1, -0.05) is 32.6 Å². The molecule has 1 fully saturated rings. The normalized spacial score (nSPS) is 17.6. The molecule has 4 heteroatoms. The zero-order valence-corrected chi connectivity index (χ0v) is 12.1. The van der Waals surface area contributed by atoms with Crippen LogP contribution < -0.4 is 5.32 Å². The van der Waals surface area contributed by atoms with Crippen molar-refractivity contribution in [1.29, 1.82) is 0 Å². The summed E-state index contributed by atoms with van der Waals surface area (Å²) in [6.07, 6.45) is 9.71. The van der Waals surface area contributed by atoms with Gasteiger partial charge in [0, 0.05) is 12.5 Å². The highest BCUT2D eigenvalue weighted by molar-refractivity contribution is 5.89. The molecule has 0 radical (unpaired) electrons. The lowest BCUT2D eigenvalue weighted by atomic mass is 10.0. The Bertz CT molecular complexity index is 407. The van der Waals surface area contributed by atoms with Crippen LogP contribution in [0.1, 0.15) is 64.8 Å². The van der Waals surface area contributed by atoms with Crippen LogP contribution in [0.15, 0.2) is 12.3 Å². The Morgan fingerprint density at radius 2 is 2.26 bits per heavy atom. The van der Waals surface area contributed by atoms with Crippen LogP contribution in [0.3, 0.4) is 0 Å². The number of hydrogen-bond donors (Lipinski definition) is 1. The first-order valence-corrected chi connectivity index (χ1v) is 7.54. The number of hydrogen-bond acceptors (Lipinski definition) is 2. The minimum atomic E-state index is 0.122. The SMILES string of the molecule is CCC(C)n1nccc1NC(=O)CCC1CCCC1. The van der Waals surface area contributed by atoms with E-state index in [2.05, 4.69) is 24.3 Å². The van der Waals surface area contributed by atoms with E-state index in [4.69, 9.17) is 0 Å². The van der Waals surface area contributed by atoms with Gasteiger partial charge >= 0.3 is 0 Å².